The van der Waals surface area contributed by atoms with Crippen molar-refractivity contribution >= 4 is 11.9 Å². The van der Waals surface area contributed by atoms with Gasteiger partial charge < -0.3 is 15.6 Å². The maximum Gasteiger partial charge on any atom is 0.240 e. The lowest BCUT2D eigenvalue weighted by molar-refractivity contribution is -0.306. The minimum Gasteiger partial charge on any atom is -0.548 e. The van der Waals surface area contributed by atoms with E-state index in [4.69, 9.17) is 5.73 Å². The molecule has 10 heavy (non-hydrogen) atoms. The van der Waals surface area contributed by atoms with Crippen LogP contribution in [0.3, 0.4) is 0 Å². The van der Waals surface area contributed by atoms with Gasteiger partial charge in [0.15, 0.2) is 0 Å². The molecule has 0 aromatic carbocycles. The molecule has 0 bridgehead atoms. The van der Waals surface area contributed by atoms with Gasteiger partial charge in [0, 0.05) is 0 Å². The van der Waals surface area contributed by atoms with E-state index < -0.39 is 12.5 Å². The number of nitrogen functional groups attached to an aromatic ring is 1. The number of nitrogens with zero attached hydrogens (tertiary/aromatic N) is 4. The number of aromatic nitrogens is 4. The van der Waals surface area contributed by atoms with E-state index >= 15 is 0 Å². The van der Waals surface area contributed by atoms with E-state index in [2.05, 4.69) is 15.5 Å². The molecule has 0 saturated carbocycles. The highest BCUT2D eigenvalue weighted by Gasteiger charge is 1.98. The van der Waals surface area contributed by atoms with Crippen LogP contribution in [-0.2, 0) is 11.3 Å². The molecule has 0 aliphatic heterocycles. The fourth-order valence-corrected chi connectivity index (χ4v) is 0.446. The van der Waals surface area contributed by atoms with Crippen molar-refractivity contribution in [2.45, 2.75) is 6.54 Å². The Kier molecular flexibility index (Phi) is 1.48. The first-order chi connectivity index (χ1) is 4.70. The monoisotopic (exact) mass is 142 g/mol. The maximum absolute atomic E-state index is 9.94. The fourth-order valence-electron chi connectivity index (χ4n) is 0.446. The number of carboxylic acids is 1. The van der Waals surface area contributed by atoms with Crippen molar-refractivity contribution in [3.8, 4) is 0 Å². The molecule has 0 aliphatic carbocycles. The van der Waals surface area contributed by atoms with Crippen molar-refractivity contribution in [3.63, 3.8) is 0 Å². The summed E-state index contributed by atoms with van der Waals surface area (Å²) in [7, 11) is 0. The van der Waals surface area contributed by atoms with Crippen LogP contribution in [0.1, 0.15) is 0 Å². The number of carboxylic acid groups (broad SMARTS) is 1. The zero-order valence-corrected chi connectivity index (χ0v) is 4.89. The molecule has 0 aliphatic rings. The van der Waals surface area contributed by atoms with Crippen molar-refractivity contribution in [1.82, 2.24) is 20.2 Å². The normalized spacial score (nSPS) is 9.60. The molecule has 2 N–H and O–H groups in total. The predicted octanol–water partition coefficient (Wildman–Crippen LogP) is -2.99. The van der Waals surface area contributed by atoms with E-state index in [0.29, 0.717) is 0 Å². The van der Waals surface area contributed by atoms with Crippen molar-refractivity contribution in [1.29, 1.82) is 0 Å². The van der Waals surface area contributed by atoms with Gasteiger partial charge in [-0.15, -0.1) is 0 Å². The topological polar surface area (TPSA) is 110 Å². The molecular weight excluding hydrogens is 138 g/mol. The summed E-state index contributed by atoms with van der Waals surface area (Å²) in [6.45, 7) is -0.418. The van der Waals surface area contributed by atoms with Gasteiger partial charge in [0.25, 0.3) is 0 Å². The molecule has 1 heterocycles. The predicted molar refractivity (Wildman–Crippen MR) is 27.2 cm³/mol. The highest BCUT2D eigenvalue weighted by atomic mass is 16.4. The minimum absolute atomic E-state index is 0.0378. The largest absolute Gasteiger partial charge is 0.548 e. The molecule has 1 aromatic heterocycles. The number of carbonyl (C=O) groups excluding carboxylic acids is 1. The van der Waals surface area contributed by atoms with Crippen LogP contribution in [0, 0.1) is 0 Å². The van der Waals surface area contributed by atoms with E-state index in [9.17, 15) is 9.90 Å². The van der Waals surface area contributed by atoms with Gasteiger partial charge >= 0.3 is 0 Å². The Hall–Kier alpha value is -1.66. The molecule has 7 heteroatoms. The van der Waals surface area contributed by atoms with Crippen LogP contribution in [0.25, 0.3) is 0 Å². The molecule has 0 fully saturated rings. The number of carbonyl (C=O) groups is 1. The standard InChI is InChI=1S/C3H5N5O2/c4-3-5-6-7-8(3)1-2(9)10/h1H2,(H,9,10)(H2,4,5,7)/p-1. The Morgan fingerprint density at radius 3 is 2.90 bits per heavy atom. The van der Waals surface area contributed by atoms with Gasteiger partial charge in [-0.3, -0.25) is 0 Å². The zero-order chi connectivity index (χ0) is 7.56. The van der Waals surface area contributed by atoms with Crippen molar-refractivity contribution in [2.75, 3.05) is 5.73 Å². The summed E-state index contributed by atoms with van der Waals surface area (Å²) in [6.07, 6.45) is 0. The first-order valence-electron chi connectivity index (χ1n) is 2.41. The molecule has 0 spiro atoms. The Morgan fingerprint density at radius 2 is 2.50 bits per heavy atom. The molecule has 1 rings (SSSR count). The lowest BCUT2D eigenvalue weighted by atomic mass is 10.7. The Balaban J connectivity index is 2.74. The SMILES string of the molecule is Nc1nnnn1CC(=O)[O-]. The molecule has 0 amide bonds. The van der Waals surface area contributed by atoms with Crippen LogP contribution in [0.5, 0.6) is 0 Å². The van der Waals surface area contributed by atoms with Gasteiger partial charge in [-0.25, -0.2) is 4.68 Å². The number of hydrogen-bond acceptors (Lipinski definition) is 6. The summed E-state index contributed by atoms with van der Waals surface area (Å²) in [4.78, 5) is 9.94. The summed E-state index contributed by atoms with van der Waals surface area (Å²) >= 11 is 0. The second-order valence-electron chi connectivity index (χ2n) is 1.57. The third-order valence-corrected chi connectivity index (χ3v) is 0.838. The van der Waals surface area contributed by atoms with Crippen LogP contribution in [0.2, 0.25) is 0 Å². The third kappa shape index (κ3) is 1.19. The van der Waals surface area contributed by atoms with E-state index in [-0.39, 0.29) is 5.95 Å². The first-order valence-corrected chi connectivity index (χ1v) is 2.41. The third-order valence-electron chi connectivity index (χ3n) is 0.838. The summed E-state index contributed by atoms with van der Waals surface area (Å²) in [5.74, 6) is -1.32. The smallest absolute Gasteiger partial charge is 0.240 e. The van der Waals surface area contributed by atoms with Gasteiger partial charge in [-0.05, 0) is 10.4 Å². The minimum atomic E-state index is -1.28. The number of rotatable bonds is 2. The van der Waals surface area contributed by atoms with Gasteiger partial charge in [0.05, 0.1) is 12.5 Å². The molecule has 0 atom stereocenters. The van der Waals surface area contributed by atoms with E-state index in [1.165, 1.54) is 0 Å². The summed E-state index contributed by atoms with van der Waals surface area (Å²) in [6, 6.07) is 0. The number of aliphatic carboxylic acids is 1. The van der Waals surface area contributed by atoms with Gasteiger partial charge in [0.1, 0.15) is 0 Å². The van der Waals surface area contributed by atoms with E-state index in [1.54, 1.807) is 0 Å². The second kappa shape index (κ2) is 2.29. The number of anilines is 1. The Morgan fingerprint density at radius 1 is 1.80 bits per heavy atom. The van der Waals surface area contributed by atoms with Crippen LogP contribution in [0.4, 0.5) is 5.95 Å². The molecule has 0 saturated heterocycles. The summed E-state index contributed by atoms with van der Waals surface area (Å²) < 4.78 is 0.926. The number of nitrogens with two attached hydrogens (primary N) is 1. The number of tetrazole rings is 1. The van der Waals surface area contributed by atoms with Gasteiger partial charge in [0.2, 0.25) is 5.95 Å². The van der Waals surface area contributed by atoms with Crippen LogP contribution in [-0.4, -0.2) is 26.2 Å². The fraction of sp³-hybridized carbons (Fsp3) is 0.333. The average Bonchev–Trinajstić information content (AvgIpc) is 2.15. The Labute approximate surface area is 55.4 Å². The molecule has 7 nitrogen and oxygen atoms in total. The van der Waals surface area contributed by atoms with E-state index in [1.807, 2.05) is 0 Å². The van der Waals surface area contributed by atoms with Gasteiger partial charge in [-0.2, -0.15) is 0 Å². The van der Waals surface area contributed by atoms with Crippen LogP contribution in [0.15, 0.2) is 0 Å². The lowest BCUT2D eigenvalue weighted by Gasteiger charge is -1.99. The van der Waals surface area contributed by atoms with Gasteiger partial charge in [-0.1, -0.05) is 5.10 Å². The lowest BCUT2D eigenvalue weighted by Crippen LogP contribution is -2.28. The van der Waals surface area contributed by atoms with Crippen LogP contribution < -0.4 is 10.8 Å². The maximum atomic E-state index is 9.94. The summed E-state index contributed by atoms with van der Waals surface area (Å²) in [5, 5.41) is 19.6. The Bertz CT molecular complexity index is 243. The zero-order valence-electron chi connectivity index (χ0n) is 4.89. The van der Waals surface area contributed by atoms with E-state index in [0.717, 1.165) is 4.68 Å². The van der Waals surface area contributed by atoms with Crippen molar-refractivity contribution < 1.29 is 9.90 Å². The van der Waals surface area contributed by atoms with Crippen molar-refractivity contribution in [2.24, 2.45) is 0 Å². The quantitative estimate of drug-likeness (QED) is 0.471. The molecule has 0 radical (unpaired) electrons. The molecule has 1 aromatic rings. The second-order valence-corrected chi connectivity index (χ2v) is 1.57. The highest BCUT2D eigenvalue weighted by Crippen LogP contribution is 1.88. The first kappa shape index (κ1) is 6.46. The van der Waals surface area contributed by atoms with Crippen molar-refractivity contribution in [3.05, 3.63) is 0 Å². The average molecular weight is 142 g/mol. The summed E-state index contributed by atoms with van der Waals surface area (Å²) in [5.41, 5.74) is 5.12. The number of hydrogen-bond donors (Lipinski definition) is 1. The van der Waals surface area contributed by atoms with Crippen LogP contribution >= 0.6 is 0 Å². The molecule has 54 valence electrons. The highest BCUT2D eigenvalue weighted by molar-refractivity contribution is 5.64. The molecule has 0 unspecified atom stereocenters. The molecular formula is C3H4N5O2-.